The molecule has 0 saturated heterocycles. The van der Waals surface area contributed by atoms with Crippen LogP contribution in [0.1, 0.15) is 12.5 Å². The molecule has 72 valence electrons. The topological polar surface area (TPSA) is 32.3 Å². The molecule has 0 aliphatic rings. The molecule has 1 unspecified atom stereocenters. The van der Waals surface area contributed by atoms with Crippen LogP contribution in [0.2, 0.25) is 0 Å². The van der Waals surface area contributed by atoms with E-state index in [0.717, 1.165) is 11.3 Å². The van der Waals surface area contributed by atoms with E-state index in [1.807, 2.05) is 13.8 Å². The molecule has 0 bridgehead atoms. The molecule has 2 nitrogen and oxygen atoms in total. The molecule has 0 saturated carbocycles. The first-order chi connectivity index (χ1) is 6.15. The van der Waals surface area contributed by atoms with Crippen molar-refractivity contribution < 1.29 is 9.29 Å². The molecule has 0 aliphatic carbocycles. The van der Waals surface area contributed by atoms with Gasteiger partial charge in [0, 0.05) is 6.07 Å². The molecular formula is C9H11ClO2S. The van der Waals surface area contributed by atoms with Gasteiger partial charge in [0.15, 0.2) is 15.6 Å². The van der Waals surface area contributed by atoms with Crippen LogP contribution >= 0.6 is 10.7 Å². The van der Waals surface area contributed by atoms with Gasteiger partial charge in [-0.3, -0.25) is 0 Å². The average Bonchev–Trinajstić information content (AvgIpc) is 2.08. The van der Waals surface area contributed by atoms with Crippen LogP contribution in [0.5, 0.6) is 5.75 Å². The third-order valence-corrected chi connectivity index (χ3v) is 2.79. The fourth-order valence-electron chi connectivity index (χ4n) is 1.04. The lowest BCUT2D eigenvalue weighted by Crippen LogP contribution is -1.96. The summed E-state index contributed by atoms with van der Waals surface area (Å²) in [5.74, 6) is 0.813. The molecule has 0 amide bonds. The van der Waals surface area contributed by atoms with Gasteiger partial charge in [-0.2, -0.15) is 0 Å². The van der Waals surface area contributed by atoms with E-state index in [4.69, 9.17) is 15.4 Å². The van der Waals surface area contributed by atoms with Gasteiger partial charge in [-0.05, 0) is 31.5 Å². The molecule has 0 aliphatic heterocycles. The lowest BCUT2D eigenvalue weighted by Gasteiger charge is -2.07. The van der Waals surface area contributed by atoms with Gasteiger partial charge in [0.1, 0.15) is 16.1 Å². The summed E-state index contributed by atoms with van der Waals surface area (Å²) in [6, 6.07) is 5.27. The predicted octanol–water partition coefficient (Wildman–Crippen LogP) is 2.66. The first-order valence-electron chi connectivity index (χ1n) is 3.96. The Labute approximate surface area is 85.5 Å². The molecule has 1 aromatic carbocycles. The Kier molecular flexibility index (Phi) is 3.90. The van der Waals surface area contributed by atoms with Crippen molar-refractivity contribution in [3.8, 4) is 5.75 Å². The van der Waals surface area contributed by atoms with E-state index in [1.165, 1.54) is 0 Å². The Hall–Kier alpha value is -0.380. The van der Waals surface area contributed by atoms with Gasteiger partial charge in [0.2, 0.25) is 0 Å². The zero-order valence-electron chi connectivity index (χ0n) is 7.54. The Morgan fingerprint density at radius 2 is 2.23 bits per heavy atom. The second-order valence-corrected chi connectivity index (χ2v) is 4.34. The summed E-state index contributed by atoms with van der Waals surface area (Å²) in [7, 11) is 4.00. The lowest BCUT2D eigenvalue weighted by atomic mass is 10.2. The molecule has 4 heteroatoms. The van der Waals surface area contributed by atoms with E-state index in [1.54, 1.807) is 18.2 Å². The molecule has 0 aromatic heterocycles. The van der Waals surface area contributed by atoms with Crippen molar-refractivity contribution in [2.75, 3.05) is 6.61 Å². The summed E-state index contributed by atoms with van der Waals surface area (Å²) in [6.07, 6.45) is 0. The van der Waals surface area contributed by atoms with E-state index < -0.39 is 10.4 Å². The summed E-state index contributed by atoms with van der Waals surface area (Å²) >= 11 is 0. The van der Waals surface area contributed by atoms with Gasteiger partial charge >= 0.3 is 0 Å². The van der Waals surface area contributed by atoms with Crippen molar-refractivity contribution in [1.82, 2.24) is 0 Å². The number of ether oxygens (including phenoxy) is 1. The van der Waals surface area contributed by atoms with Crippen LogP contribution in [0.3, 0.4) is 0 Å². The van der Waals surface area contributed by atoms with E-state index in [9.17, 15) is 4.55 Å². The fourth-order valence-corrected chi connectivity index (χ4v) is 1.77. The molecule has 0 radical (unpaired) electrons. The van der Waals surface area contributed by atoms with Gasteiger partial charge in [-0.25, -0.2) is 0 Å². The third kappa shape index (κ3) is 2.79. The van der Waals surface area contributed by atoms with Crippen molar-refractivity contribution in [2.24, 2.45) is 0 Å². The van der Waals surface area contributed by atoms with Gasteiger partial charge < -0.3 is 9.29 Å². The smallest absolute Gasteiger partial charge is 0.181 e. The Morgan fingerprint density at radius 1 is 1.54 bits per heavy atom. The number of hydrogen-bond donors (Lipinski definition) is 0. The molecule has 0 N–H and O–H groups in total. The zero-order valence-corrected chi connectivity index (χ0v) is 9.11. The lowest BCUT2D eigenvalue weighted by molar-refractivity contribution is 0.337. The van der Waals surface area contributed by atoms with E-state index in [0.29, 0.717) is 11.5 Å². The highest BCUT2D eigenvalue weighted by Crippen LogP contribution is 2.23. The van der Waals surface area contributed by atoms with Crippen molar-refractivity contribution in [3.05, 3.63) is 23.8 Å². The summed E-state index contributed by atoms with van der Waals surface area (Å²) in [5, 5.41) is 0. The van der Waals surface area contributed by atoms with E-state index in [2.05, 4.69) is 0 Å². The summed E-state index contributed by atoms with van der Waals surface area (Å²) in [6.45, 7) is 4.45. The minimum absolute atomic E-state index is 0.614. The maximum atomic E-state index is 10.9. The molecule has 1 atom stereocenters. The third-order valence-electron chi connectivity index (χ3n) is 1.63. The van der Waals surface area contributed by atoms with Crippen LogP contribution in [0.25, 0.3) is 0 Å². The predicted molar refractivity (Wildman–Crippen MR) is 54.6 cm³/mol. The van der Waals surface area contributed by atoms with Crippen LogP contribution in [0, 0.1) is 6.92 Å². The molecule has 13 heavy (non-hydrogen) atoms. The zero-order chi connectivity index (χ0) is 9.84. The van der Waals surface area contributed by atoms with Crippen molar-refractivity contribution in [1.29, 1.82) is 0 Å². The highest BCUT2D eigenvalue weighted by atomic mass is 35.7. The standard InChI is InChI=1S/C9H11ClO2S/c1-3-12-9-5-4-8(13(10)11)6-7(9)2/h4-6H,3H2,1-2H3. The van der Waals surface area contributed by atoms with Gasteiger partial charge in [-0.15, -0.1) is 0 Å². The molecule has 0 heterocycles. The number of hydrogen-bond acceptors (Lipinski definition) is 2. The largest absolute Gasteiger partial charge is 0.594 e. The molecule has 0 spiro atoms. The average molecular weight is 219 g/mol. The quantitative estimate of drug-likeness (QED) is 0.731. The monoisotopic (exact) mass is 218 g/mol. The molecule has 1 aromatic rings. The normalized spacial score (nSPS) is 12.6. The minimum Gasteiger partial charge on any atom is -0.594 e. The first-order valence-corrected chi connectivity index (χ1v) is 5.94. The van der Waals surface area contributed by atoms with Crippen LogP contribution in [0.15, 0.2) is 23.1 Å². The second-order valence-electron chi connectivity index (χ2n) is 2.58. The van der Waals surface area contributed by atoms with Gasteiger partial charge in [0.05, 0.1) is 6.61 Å². The van der Waals surface area contributed by atoms with Crippen molar-refractivity contribution in [2.45, 2.75) is 18.7 Å². The number of aryl methyl sites for hydroxylation is 1. The Morgan fingerprint density at radius 3 is 2.69 bits per heavy atom. The van der Waals surface area contributed by atoms with E-state index >= 15 is 0 Å². The fraction of sp³-hybridized carbons (Fsp3) is 0.333. The SMILES string of the molecule is CCOc1ccc([S+]([O-])Cl)cc1C. The molecular weight excluding hydrogens is 208 g/mol. The van der Waals surface area contributed by atoms with Crippen molar-refractivity contribution in [3.63, 3.8) is 0 Å². The first kappa shape index (κ1) is 10.7. The van der Waals surface area contributed by atoms with Crippen LogP contribution in [-0.4, -0.2) is 11.2 Å². The second kappa shape index (κ2) is 4.74. The highest BCUT2D eigenvalue weighted by molar-refractivity contribution is 8.13. The minimum atomic E-state index is -1.43. The number of rotatable bonds is 3. The Balaban J connectivity index is 2.92. The van der Waals surface area contributed by atoms with Crippen LogP contribution < -0.4 is 4.74 Å². The maximum absolute atomic E-state index is 10.9. The molecule has 0 fully saturated rings. The summed E-state index contributed by atoms with van der Waals surface area (Å²) in [5.41, 5.74) is 0.952. The highest BCUT2D eigenvalue weighted by Gasteiger charge is 2.09. The summed E-state index contributed by atoms with van der Waals surface area (Å²) < 4.78 is 16.2. The van der Waals surface area contributed by atoms with E-state index in [-0.39, 0.29) is 0 Å². The van der Waals surface area contributed by atoms with Crippen LogP contribution in [0.4, 0.5) is 0 Å². The Bertz CT molecular complexity index is 289. The van der Waals surface area contributed by atoms with Gasteiger partial charge in [-0.1, -0.05) is 0 Å². The van der Waals surface area contributed by atoms with Crippen molar-refractivity contribution >= 4 is 21.1 Å². The van der Waals surface area contributed by atoms with Crippen LogP contribution in [-0.2, 0) is 10.4 Å². The van der Waals surface area contributed by atoms with Gasteiger partial charge in [0.25, 0.3) is 0 Å². The maximum Gasteiger partial charge on any atom is 0.181 e. The summed E-state index contributed by atoms with van der Waals surface area (Å²) in [4.78, 5) is 0.614. The molecule has 1 rings (SSSR count). The number of halogens is 1. The number of benzene rings is 1.